The Morgan fingerprint density at radius 1 is 1.39 bits per heavy atom. The molecule has 1 aromatic carbocycles. The normalized spacial score (nSPS) is 12.9. The SMILES string of the molecule is NC=C(C(N)=O)C(N)=Nc1ccc2cn[nH]c2c1. The highest BCUT2D eigenvalue weighted by Gasteiger charge is 2.09. The van der Waals surface area contributed by atoms with Gasteiger partial charge in [-0.25, -0.2) is 4.99 Å². The number of carbonyl (C=O) groups excluding carboxylic acids is 1. The Kier molecular flexibility index (Phi) is 2.96. The Hall–Kier alpha value is -2.83. The van der Waals surface area contributed by atoms with Gasteiger partial charge in [0.1, 0.15) is 5.84 Å². The molecule has 0 fully saturated rings. The number of aliphatic imine (C=N–C) groups is 1. The van der Waals surface area contributed by atoms with Gasteiger partial charge in [-0.05, 0) is 18.2 Å². The van der Waals surface area contributed by atoms with Gasteiger partial charge in [-0.1, -0.05) is 0 Å². The fourth-order valence-electron chi connectivity index (χ4n) is 1.49. The number of fused-ring (bicyclic) bond motifs is 1. The summed E-state index contributed by atoms with van der Waals surface area (Å²) < 4.78 is 0. The predicted octanol–water partition coefficient (Wildman–Crippen LogP) is -0.120. The summed E-state index contributed by atoms with van der Waals surface area (Å²) in [5.74, 6) is -0.745. The molecule has 0 bridgehead atoms. The molecule has 2 aromatic rings. The van der Waals surface area contributed by atoms with Crippen molar-refractivity contribution in [1.29, 1.82) is 0 Å². The van der Waals surface area contributed by atoms with Crippen LogP contribution in [0.1, 0.15) is 0 Å². The summed E-state index contributed by atoms with van der Waals surface area (Å²) in [6.45, 7) is 0. The van der Waals surface area contributed by atoms with E-state index in [0.29, 0.717) is 5.69 Å². The van der Waals surface area contributed by atoms with E-state index in [1.807, 2.05) is 6.07 Å². The maximum absolute atomic E-state index is 11.0. The molecule has 1 amide bonds. The number of nitrogens with zero attached hydrogens (tertiary/aromatic N) is 2. The molecule has 92 valence electrons. The van der Waals surface area contributed by atoms with E-state index in [9.17, 15) is 4.79 Å². The minimum atomic E-state index is -0.721. The molecule has 18 heavy (non-hydrogen) atoms. The van der Waals surface area contributed by atoms with Crippen LogP contribution in [0.2, 0.25) is 0 Å². The van der Waals surface area contributed by atoms with Crippen LogP contribution < -0.4 is 17.2 Å². The second-order valence-electron chi connectivity index (χ2n) is 3.58. The van der Waals surface area contributed by atoms with E-state index < -0.39 is 5.91 Å². The molecule has 0 aliphatic heterocycles. The van der Waals surface area contributed by atoms with Gasteiger partial charge < -0.3 is 17.2 Å². The lowest BCUT2D eigenvalue weighted by Gasteiger charge is -2.01. The average Bonchev–Trinajstić information content (AvgIpc) is 2.76. The van der Waals surface area contributed by atoms with Crippen molar-refractivity contribution in [2.24, 2.45) is 22.2 Å². The van der Waals surface area contributed by atoms with Gasteiger partial charge in [-0.2, -0.15) is 5.10 Å². The third kappa shape index (κ3) is 2.14. The lowest BCUT2D eigenvalue weighted by molar-refractivity contribution is -0.114. The highest BCUT2D eigenvalue weighted by Crippen LogP contribution is 2.19. The molecule has 0 saturated heterocycles. The van der Waals surface area contributed by atoms with Gasteiger partial charge in [0.25, 0.3) is 5.91 Å². The Morgan fingerprint density at radius 3 is 2.83 bits per heavy atom. The first-order chi connectivity index (χ1) is 8.61. The van der Waals surface area contributed by atoms with Gasteiger partial charge in [0.2, 0.25) is 0 Å². The molecular formula is C11H12N6O. The minimum Gasteiger partial charge on any atom is -0.404 e. The number of primary amides is 1. The van der Waals surface area contributed by atoms with E-state index in [1.54, 1.807) is 18.3 Å². The minimum absolute atomic E-state index is 0.0142. The number of carbonyl (C=O) groups is 1. The number of hydrogen-bond donors (Lipinski definition) is 4. The topological polar surface area (TPSA) is 136 Å². The van der Waals surface area contributed by atoms with E-state index in [4.69, 9.17) is 17.2 Å². The van der Waals surface area contributed by atoms with Crippen LogP contribution in [-0.4, -0.2) is 21.9 Å². The first-order valence-corrected chi connectivity index (χ1v) is 5.11. The van der Waals surface area contributed by atoms with Crippen LogP contribution in [0, 0.1) is 0 Å². The smallest absolute Gasteiger partial charge is 0.253 e. The molecule has 0 aliphatic carbocycles. The van der Waals surface area contributed by atoms with Crippen LogP contribution in [0.4, 0.5) is 5.69 Å². The van der Waals surface area contributed by atoms with E-state index >= 15 is 0 Å². The number of H-pyrrole nitrogens is 1. The molecule has 0 saturated carbocycles. The second kappa shape index (κ2) is 4.58. The number of hydrogen-bond acceptors (Lipinski definition) is 4. The van der Waals surface area contributed by atoms with E-state index in [-0.39, 0.29) is 11.4 Å². The molecule has 2 rings (SSSR count). The molecule has 1 heterocycles. The summed E-state index contributed by atoms with van der Waals surface area (Å²) in [6, 6.07) is 5.34. The van der Waals surface area contributed by atoms with E-state index in [1.165, 1.54) is 0 Å². The largest absolute Gasteiger partial charge is 0.404 e. The summed E-state index contributed by atoms with van der Waals surface area (Å²) in [7, 11) is 0. The van der Waals surface area contributed by atoms with Crippen molar-refractivity contribution in [3.05, 3.63) is 36.2 Å². The van der Waals surface area contributed by atoms with Crippen LogP contribution in [0.5, 0.6) is 0 Å². The molecule has 0 unspecified atom stereocenters. The summed E-state index contributed by atoms with van der Waals surface area (Å²) >= 11 is 0. The number of amidine groups is 1. The van der Waals surface area contributed by atoms with Crippen LogP contribution in [0.15, 0.2) is 41.2 Å². The summed E-state index contributed by atoms with van der Waals surface area (Å²) in [6.07, 6.45) is 2.73. The van der Waals surface area contributed by atoms with Gasteiger partial charge in [0, 0.05) is 11.6 Å². The van der Waals surface area contributed by atoms with Crippen molar-refractivity contribution in [2.45, 2.75) is 0 Å². The molecule has 0 atom stereocenters. The summed E-state index contributed by atoms with van der Waals surface area (Å²) in [5, 5.41) is 7.65. The van der Waals surface area contributed by atoms with E-state index in [0.717, 1.165) is 17.1 Å². The molecule has 1 aromatic heterocycles. The maximum atomic E-state index is 11.0. The zero-order valence-electron chi connectivity index (χ0n) is 9.42. The Balaban J connectivity index is 2.39. The second-order valence-corrected chi connectivity index (χ2v) is 3.58. The van der Waals surface area contributed by atoms with Crippen molar-refractivity contribution in [1.82, 2.24) is 10.2 Å². The number of benzene rings is 1. The third-order valence-corrected chi connectivity index (χ3v) is 2.38. The monoisotopic (exact) mass is 244 g/mol. The first-order valence-electron chi connectivity index (χ1n) is 5.11. The molecule has 0 radical (unpaired) electrons. The van der Waals surface area contributed by atoms with Crippen molar-refractivity contribution >= 4 is 28.3 Å². The molecular weight excluding hydrogens is 232 g/mol. The Bertz CT molecular complexity index is 654. The number of aromatic amines is 1. The number of rotatable bonds is 3. The molecule has 7 heteroatoms. The van der Waals surface area contributed by atoms with Crippen LogP contribution in [0.25, 0.3) is 10.9 Å². The molecule has 0 spiro atoms. The highest BCUT2D eigenvalue weighted by atomic mass is 16.1. The quantitative estimate of drug-likeness (QED) is 0.340. The van der Waals surface area contributed by atoms with Gasteiger partial charge in [0.05, 0.1) is 23.0 Å². The van der Waals surface area contributed by atoms with Gasteiger partial charge >= 0.3 is 0 Å². The third-order valence-electron chi connectivity index (χ3n) is 2.38. The Labute approximate surface area is 102 Å². The van der Waals surface area contributed by atoms with Gasteiger partial charge in [0.15, 0.2) is 0 Å². The summed E-state index contributed by atoms with van der Waals surface area (Å²) in [4.78, 5) is 15.1. The zero-order chi connectivity index (χ0) is 13.1. The predicted molar refractivity (Wildman–Crippen MR) is 68.8 cm³/mol. The number of amides is 1. The first kappa shape index (κ1) is 11.6. The van der Waals surface area contributed by atoms with Crippen LogP contribution >= 0.6 is 0 Å². The highest BCUT2D eigenvalue weighted by molar-refractivity contribution is 6.20. The average molecular weight is 244 g/mol. The van der Waals surface area contributed by atoms with Crippen LogP contribution in [-0.2, 0) is 4.79 Å². The molecule has 7 N–H and O–H groups in total. The van der Waals surface area contributed by atoms with E-state index in [2.05, 4.69) is 15.2 Å². The fraction of sp³-hybridized carbons (Fsp3) is 0. The van der Waals surface area contributed by atoms with Crippen molar-refractivity contribution in [3.63, 3.8) is 0 Å². The lowest BCUT2D eigenvalue weighted by atomic mass is 10.2. The maximum Gasteiger partial charge on any atom is 0.253 e. The zero-order valence-corrected chi connectivity index (χ0v) is 9.42. The lowest BCUT2D eigenvalue weighted by Crippen LogP contribution is -2.27. The van der Waals surface area contributed by atoms with Crippen molar-refractivity contribution < 1.29 is 4.79 Å². The van der Waals surface area contributed by atoms with Crippen LogP contribution in [0.3, 0.4) is 0 Å². The van der Waals surface area contributed by atoms with Crippen molar-refractivity contribution in [2.75, 3.05) is 0 Å². The van der Waals surface area contributed by atoms with Gasteiger partial charge in [-0.3, -0.25) is 9.89 Å². The number of aromatic nitrogens is 2. The standard InChI is InChI=1S/C11H12N6O/c12-4-8(11(14)18)10(13)16-7-2-1-6-5-15-17-9(6)3-7/h1-5H,12H2,(H2,13,16)(H2,14,18)(H,15,17). The molecule has 7 nitrogen and oxygen atoms in total. The summed E-state index contributed by atoms with van der Waals surface area (Å²) in [5.41, 5.74) is 17.4. The molecule has 0 aliphatic rings. The van der Waals surface area contributed by atoms with Gasteiger partial charge in [-0.15, -0.1) is 0 Å². The number of nitrogens with one attached hydrogen (secondary N) is 1. The fourth-order valence-corrected chi connectivity index (χ4v) is 1.49. The number of nitrogens with two attached hydrogens (primary N) is 3. The Morgan fingerprint density at radius 2 is 2.17 bits per heavy atom. The van der Waals surface area contributed by atoms with Crippen molar-refractivity contribution in [3.8, 4) is 0 Å².